The van der Waals surface area contributed by atoms with Gasteiger partial charge in [-0.05, 0) is 18.9 Å². The van der Waals surface area contributed by atoms with E-state index in [1.165, 1.54) is 0 Å². The van der Waals surface area contributed by atoms with Gasteiger partial charge in [-0.25, -0.2) is 0 Å². The molecule has 3 atom stereocenters. The topological polar surface area (TPSA) is 45.4 Å². The van der Waals surface area contributed by atoms with Crippen LogP contribution in [0.25, 0.3) is 0 Å². The number of hydrogen-bond acceptors (Lipinski definition) is 3. The van der Waals surface area contributed by atoms with Crippen molar-refractivity contribution in [3.05, 3.63) is 24.2 Å². The summed E-state index contributed by atoms with van der Waals surface area (Å²) in [5.74, 6) is 0.342. The number of furan rings is 1. The summed E-state index contributed by atoms with van der Waals surface area (Å²) in [4.78, 5) is 0. The molecule has 0 bridgehead atoms. The molecule has 0 aliphatic rings. The van der Waals surface area contributed by atoms with Crippen molar-refractivity contribution in [1.82, 2.24) is 5.32 Å². The smallest absolute Gasteiger partial charge is 0.0950 e. The summed E-state index contributed by atoms with van der Waals surface area (Å²) in [6.45, 7) is 6.85. The minimum atomic E-state index is -0.274. The van der Waals surface area contributed by atoms with E-state index in [-0.39, 0.29) is 12.1 Å². The van der Waals surface area contributed by atoms with E-state index in [1.807, 2.05) is 6.07 Å². The van der Waals surface area contributed by atoms with E-state index in [1.54, 1.807) is 12.5 Å². The SMILES string of the molecule is CCC(C)C(O)CNC(C)c1ccoc1. The molecule has 0 saturated carbocycles. The van der Waals surface area contributed by atoms with Crippen LogP contribution < -0.4 is 5.32 Å². The molecule has 3 unspecified atom stereocenters. The number of aliphatic hydroxyl groups is 1. The molecule has 0 aromatic carbocycles. The Morgan fingerprint density at radius 1 is 1.47 bits per heavy atom. The van der Waals surface area contributed by atoms with Crippen LogP contribution in [0.2, 0.25) is 0 Å². The van der Waals surface area contributed by atoms with E-state index in [4.69, 9.17) is 4.42 Å². The highest BCUT2D eigenvalue weighted by Crippen LogP contribution is 2.13. The van der Waals surface area contributed by atoms with Gasteiger partial charge in [0, 0.05) is 18.2 Å². The fourth-order valence-electron chi connectivity index (χ4n) is 1.41. The van der Waals surface area contributed by atoms with Crippen molar-refractivity contribution in [3.8, 4) is 0 Å². The molecule has 0 spiro atoms. The van der Waals surface area contributed by atoms with Crippen LogP contribution in [-0.4, -0.2) is 17.8 Å². The molecule has 3 heteroatoms. The van der Waals surface area contributed by atoms with Crippen LogP contribution in [0, 0.1) is 5.92 Å². The van der Waals surface area contributed by atoms with Crippen molar-refractivity contribution in [2.45, 2.75) is 39.3 Å². The monoisotopic (exact) mass is 211 g/mol. The molecule has 86 valence electrons. The van der Waals surface area contributed by atoms with Gasteiger partial charge in [-0.2, -0.15) is 0 Å². The Bertz CT molecular complexity index is 259. The summed E-state index contributed by atoms with van der Waals surface area (Å²) in [6.07, 6.45) is 4.12. The molecule has 1 rings (SSSR count). The highest BCUT2D eigenvalue weighted by Gasteiger charge is 2.13. The fraction of sp³-hybridized carbons (Fsp3) is 0.667. The van der Waals surface area contributed by atoms with Gasteiger partial charge in [0.1, 0.15) is 0 Å². The highest BCUT2D eigenvalue weighted by molar-refractivity contribution is 5.10. The summed E-state index contributed by atoms with van der Waals surface area (Å²) in [7, 11) is 0. The van der Waals surface area contributed by atoms with Crippen LogP contribution in [0.3, 0.4) is 0 Å². The zero-order valence-corrected chi connectivity index (χ0v) is 9.73. The van der Waals surface area contributed by atoms with Gasteiger partial charge in [0.25, 0.3) is 0 Å². The summed E-state index contributed by atoms with van der Waals surface area (Å²) < 4.78 is 5.01. The third-order valence-electron chi connectivity index (χ3n) is 2.98. The lowest BCUT2D eigenvalue weighted by molar-refractivity contribution is 0.110. The summed E-state index contributed by atoms with van der Waals surface area (Å²) in [6, 6.07) is 2.16. The van der Waals surface area contributed by atoms with Crippen LogP contribution in [0.4, 0.5) is 0 Å². The third-order valence-corrected chi connectivity index (χ3v) is 2.98. The van der Waals surface area contributed by atoms with E-state index in [2.05, 4.69) is 26.1 Å². The van der Waals surface area contributed by atoms with E-state index >= 15 is 0 Å². The van der Waals surface area contributed by atoms with Crippen LogP contribution in [0.1, 0.15) is 38.8 Å². The minimum Gasteiger partial charge on any atom is -0.472 e. The molecular weight excluding hydrogens is 190 g/mol. The Kier molecular flexibility index (Phi) is 4.85. The van der Waals surface area contributed by atoms with Crippen LogP contribution >= 0.6 is 0 Å². The zero-order valence-electron chi connectivity index (χ0n) is 9.73. The molecule has 3 nitrogen and oxygen atoms in total. The molecule has 0 aliphatic heterocycles. The van der Waals surface area contributed by atoms with Crippen LogP contribution in [0.15, 0.2) is 23.0 Å². The lowest BCUT2D eigenvalue weighted by Gasteiger charge is -2.20. The molecule has 1 aromatic heterocycles. The third kappa shape index (κ3) is 3.68. The fourth-order valence-corrected chi connectivity index (χ4v) is 1.41. The molecular formula is C12H21NO2. The molecule has 1 aromatic rings. The van der Waals surface area contributed by atoms with E-state index in [0.717, 1.165) is 12.0 Å². The van der Waals surface area contributed by atoms with Crippen molar-refractivity contribution >= 4 is 0 Å². The van der Waals surface area contributed by atoms with Gasteiger partial charge in [0.15, 0.2) is 0 Å². The molecule has 0 fully saturated rings. The van der Waals surface area contributed by atoms with Gasteiger partial charge in [-0.1, -0.05) is 20.3 Å². The number of aliphatic hydroxyl groups excluding tert-OH is 1. The minimum absolute atomic E-state index is 0.224. The Morgan fingerprint density at radius 2 is 2.20 bits per heavy atom. The van der Waals surface area contributed by atoms with Crippen molar-refractivity contribution in [2.75, 3.05) is 6.54 Å². The normalized spacial score (nSPS) is 17.3. The van der Waals surface area contributed by atoms with Gasteiger partial charge < -0.3 is 14.8 Å². The average molecular weight is 211 g/mol. The second kappa shape index (κ2) is 5.93. The molecule has 0 saturated heterocycles. The first kappa shape index (κ1) is 12.3. The predicted octanol–water partition coefficient (Wildman–Crippen LogP) is 2.34. The Labute approximate surface area is 91.5 Å². The van der Waals surface area contributed by atoms with Gasteiger partial charge in [-0.15, -0.1) is 0 Å². The van der Waals surface area contributed by atoms with Crippen LogP contribution in [0.5, 0.6) is 0 Å². The second-order valence-electron chi connectivity index (χ2n) is 4.14. The van der Waals surface area contributed by atoms with Crippen molar-refractivity contribution in [1.29, 1.82) is 0 Å². The van der Waals surface area contributed by atoms with Gasteiger partial charge in [0.2, 0.25) is 0 Å². The summed E-state index contributed by atoms with van der Waals surface area (Å²) in [5, 5.41) is 13.1. The second-order valence-corrected chi connectivity index (χ2v) is 4.14. The van der Waals surface area contributed by atoms with E-state index in [9.17, 15) is 5.11 Å². The van der Waals surface area contributed by atoms with E-state index < -0.39 is 0 Å². The molecule has 0 amide bonds. The first-order valence-corrected chi connectivity index (χ1v) is 5.58. The maximum atomic E-state index is 9.78. The molecule has 15 heavy (non-hydrogen) atoms. The Balaban J connectivity index is 2.31. The standard InChI is InChI=1S/C12H21NO2/c1-4-9(2)12(14)7-13-10(3)11-5-6-15-8-11/h5-6,8-10,12-14H,4,7H2,1-3H3. The summed E-state index contributed by atoms with van der Waals surface area (Å²) in [5.41, 5.74) is 1.12. The number of hydrogen-bond donors (Lipinski definition) is 2. The molecule has 0 radical (unpaired) electrons. The maximum absolute atomic E-state index is 9.78. The highest BCUT2D eigenvalue weighted by atomic mass is 16.3. The van der Waals surface area contributed by atoms with Gasteiger partial charge >= 0.3 is 0 Å². The molecule has 2 N–H and O–H groups in total. The van der Waals surface area contributed by atoms with Crippen molar-refractivity contribution < 1.29 is 9.52 Å². The average Bonchev–Trinajstić information content (AvgIpc) is 2.77. The number of rotatable bonds is 6. The quantitative estimate of drug-likeness (QED) is 0.759. The number of nitrogens with one attached hydrogen (secondary N) is 1. The van der Waals surface area contributed by atoms with Gasteiger partial charge in [-0.3, -0.25) is 0 Å². The largest absolute Gasteiger partial charge is 0.472 e. The van der Waals surface area contributed by atoms with Crippen molar-refractivity contribution in [2.24, 2.45) is 5.92 Å². The first-order valence-electron chi connectivity index (χ1n) is 5.58. The lowest BCUT2D eigenvalue weighted by atomic mass is 10.0. The van der Waals surface area contributed by atoms with Crippen LogP contribution in [-0.2, 0) is 0 Å². The zero-order chi connectivity index (χ0) is 11.3. The Morgan fingerprint density at radius 3 is 2.73 bits per heavy atom. The Hall–Kier alpha value is -0.800. The van der Waals surface area contributed by atoms with Crippen molar-refractivity contribution in [3.63, 3.8) is 0 Å². The molecule has 1 heterocycles. The van der Waals surface area contributed by atoms with Gasteiger partial charge in [0.05, 0.1) is 18.6 Å². The first-order chi connectivity index (χ1) is 7.15. The van der Waals surface area contributed by atoms with E-state index in [0.29, 0.717) is 12.5 Å². The maximum Gasteiger partial charge on any atom is 0.0950 e. The predicted molar refractivity (Wildman–Crippen MR) is 60.6 cm³/mol. The lowest BCUT2D eigenvalue weighted by Crippen LogP contribution is -2.32. The summed E-state index contributed by atoms with van der Waals surface area (Å²) >= 11 is 0. The molecule has 0 aliphatic carbocycles.